The zero-order valence-corrected chi connectivity index (χ0v) is 25.5. The van der Waals surface area contributed by atoms with E-state index in [0.29, 0.717) is 20.6 Å². The van der Waals surface area contributed by atoms with E-state index in [9.17, 15) is 9.59 Å². The first-order valence-corrected chi connectivity index (χ1v) is 16.0. The third-order valence-corrected chi connectivity index (χ3v) is 9.15. The average Bonchev–Trinajstić information content (AvgIpc) is 3.54. The maximum atomic E-state index is 14.3. The molecule has 0 saturated carbocycles. The minimum absolute atomic E-state index is 0.187. The molecular formula is C34H31N3O3S2. The molecule has 1 unspecified atom stereocenters. The van der Waals surface area contributed by atoms with Gasteiger partial charge in [0.25, 0.3) is 5.56 Å². The van der Waals surface area contributed by atoms with Crippen LogP contribution >= 0.6 is 23.1 Å². The minimum Gasteiger partial charge on any atom is -0.463 e. The van der Waals surface area contributed by atoms with Crippen molar-refractivity contribution in [1.82, 2.24) is 9.13 Å². The van der Waals surface area contributed by atoms with E-state index in [0.717, 1.165) is 32.5 Å². The number of fused-ring (bicyclic) bond motifs is 2. The Bertz CT molecular complexity index is 2000. The van der Waals surface area contributed by atoms with Gasteiger partial charge in [-0.3, -0.25) is 9.36 Å². The molecule has 0 spiro atoms. The molecule has 2 aromatic heterocycles. The van der Waals surface area contributed by atoms with Crippen LogP contribution < -0.4 is 14.9 Å². The first-order valence-electron chi connectivity index (χ1n) is 13.9. The van der Waals surface area contributed by atoms with Gasteiger partial charge in [-0.2, -0.15) is 0 Å². The molecular weight excluding hydrogens is 563 g/mol. The SMILES string of the molecule is CCOC(=O)C1=C(c2ccccc2)N=c2sc(=Cc3cn(C(C)C)c4ccccc34)c(=O)n2C1c1ccc(SC)cc1. The Labute approximate surface area is 252 Å². The summed E-state index contributed by atoms with van der Waals surface area (Å²) in [6, 6.07) is 25.4. The van der Waals surface area contributed by atoms with Crippen molar-refractivity contribution in [1.29, 1.82) is 0 Å². The fraction of sp³-hybridized carbons (Fsp3) is 0.206. The molecule has 0 N–H and O–H groups in total. The summed E-state index contributed by atoms with van der Waals surface area (Å²) in [6.45, 7) is 6.29. The number of para-hydroxylation sites is 1. The summed E-state index contributed by atoms with van der Waals surface area (Å²) in [5.41, 5.74) is 4.40. The summed E-state index contributed by atoms with van der Waals surface area (Å²) in [6.07, 6.45) is 6.08. The maximum Gasteiger partial charge on any atom is 0.338 e. The summed E-state index contributed by atoms with van der Waals surface area (Å²) in [5.74, 6) is -0.478. The van der Waals surface area contributed by atoms with Gasteiger partial charge in [0.15, 0.2) is 4.80 Å². The van der Waals surface area contributed by atoms with Crippen LogP contribution in [0.1, 0.15) is 49.5 Å². The van der Waals surface area contributed by atoms with Crippen molar-refractivity contribution in [3.63, 3.8) is 0 Å². The molecule has 1 aliphatic heterocycles. The molecule has 0 fully saturated rings. The molecule has 0 aliphatic carbocycles. The van der Waals surface area contributed by atoms with Crippen molar-refractivity contribution in [2.45, 2.75) is 37.8 Å². The second-order valence-corrected chi connectivity index (χ2v) is 12.2. The number of benzene rings is 3. The Hall–Kier alpha value is -4.14. The van der Waals surface area contributed by atoms with Gasteiger partial charge in [0.2, 0.25) is 0 Å². The monoisotopic (exact) mass is 593 g/mol. The lowest BCUT2D eigenvalue weighted by atomic mass is 9.93. The first kappa shape index (κ1) is 28.0. The molecule has 0 saturated heterocycles. The van der Waals surface area contributed by atoms with Gasteiger partial charge in [-0.25, -0.2) is 9.79 Å². The predicted octanol–water partition coefficient (Wildman–Crippen LogP) is 6.19. The second-order valence-electron chi connectivity index (χ2n) is 10.3. The van der Waals surface area contributed by atoms with E-state index < -0.39 is 12.0 Å². The van der Waals surface area contributed by atoms with E-state index in [-0.39, 0.29) is 18.2 Å². The molecule has 0 radical (unpaired) electrons. The van der Waals surface area contributed by atoms with Crippen molar-refractivity contribution in [2.24, 2.45) is 4.99 Å². The summed E-state index contributed by atoms with van der Waals surface area (Å²) in [4.78, 5) is 34.5. The Kier molecular flexibility index (Phi) is 7.75. The Morgan fingerprint density at radius 1 is 1.05 bits per heavy atom. The van der Waals surface area contributed by atoms with Crippen LogP contribution in [0.5, 0.6) is 0 Å². The van der Waals surface area contributed by atoms with E-state index in [1.165, 1.54) is 11.3 Å². The number of thiazole rings is 1. The van der Waals surface area contributed by atoms with Crippen LogP contribution in [0.25, 0.3) is 22.7 Å². The van der Waals surface area contributed by atoms with Crippen LogP contribution in [0.2, 0.25) is 0 Å². The van der Waals surface area contributed by atoms with Gasteiger partial charge < -0.3 is 9.30 Å². The van der Waals surface area contributed by atoms with Crippen molar-refractivity contribution >= 4 is 51.7 Å². The standard InChI is InChI=1S/C34H31N3O3S2/c1-5-40-33(39)29-30(22-11-7-6-8-12-22)35-34-37(31(29)23-15-17-25(41-4)18-16-23)32(38)28(42-34)19-24-20-36(21(2)3)27-14-10-9-13-26(24)27/h6-21,31H,5H2,1-4H3. The fourth-order valence-corrected chi connectivity index (χ4v) is 6.86. The molecule has 1 atom stereocenters. The smallest absolute Gasteiger partial charge is 0.338 e. The van der Waals surface area contributed by atoms with Gasteiger partial charge in [-0.15, -0.1) is 11.8 Å². The lowest BCUT2D eigenvalue weighted by Crippen LogP contribution is -2.40. The molecule has 0 bridgehead atoms. The average molecular weight is 594 g/mol. The highest BCUT2D eigenvalue weighted by Gasteiger charge is 2.35. The quantitative estimate of drug-likeness (QED) is 0.167. The molecule has 1 aliphatic rings. The zero-order chi connectivity index (χ0) is 29.4. The maximum absolute atomic E-state index is 14.3. The highest BCUT2D eigenvalue weighted by Crippen LogP contribution is 2.36. The first-order chi connectivity index (χ1) is 20.4. The van der Waals surface area contributed by atoms with Crippen LogP contribution in [-0.2, 0) is 9.53 Å². The Morgan fingerprint density at radius 2 is 1.76 bits per heavy atom. The number of hydrogen-bond donors (Lipinski definition) is 0. The van der Waals surface area contributed by atoms with Gasteiger partial charge in [-0.1, -0.05) is 72.0 Å². The number of nitrogens with zero attached hydrogens (tertiary/aromatic N) is 3. The molecule has 42 heavy (non-hydrogen) atoms. The van der Waals surface area contributed by atoms with Crippen LogP contribution in [0.3, 0.4) is 0 Å². The van der Waals surface area contributed by atoms with E-state index in [1.807, 2.05) is 79.1 Å². The molecule has 8 heteroatoms. The molecule has 5 aromatic rings. The highest BCUT2D eigenvalue weighted by atomic mass is 32.2. The van der Waals surface area contributed by atoms with Gasteiger partial charge in [-0.05, 0) is 56.9 Å². The second kappa shape index (κ2) is 11.6. The van der Waals surface area contributed by atoms with Crippen molar-refractivity contribution in [3.8, 4) is 0 Å². The number of esters is 1. The van der Waals surface area contributed by atoms with Crippen LogP contribution in [0.15, 0.2) is 105 Å². The summed E-state index contributed by atoms with van der Waals surface area (Å²) in [7, 11) is 0. The predicted molar refractivity (Wildman–Crippen MR) is 172 cm³/mol. The number of rotatable bonds is 7. The van der Waals surface area contributed by atoms with Crippen LogP contribution in [-0.4, -0.2) is 28.0 Å². The number of carbonyl (C=O) groups is 1. The highest BCUT2D eigenvalue weighted by molar-refractivity contribution is 7.98. The lowest BCUT2D eigenvalue weighted by Gasteiger charge is -2.26. The lowest BCUT2D eigenvalue weighted by molar-refractivity contribution is -0.138. The third-order valence-electron chi connectivity index (χ3n) is 7.42. The van der Waals surface area contributed by atoms with Crippen LogP contribution in [0, 0.1) is 0 Å². The van der Waals surface area contributed by atoms with Gasteiger partial charge in [0, 0.05) is 39.2 Å². The number of carbonyl (C=O) groups excluding carboxylic acids is 1. The van der Waals surface area contributed by atoms with Gasteiger partial charge in [0.1, 0.15) is 0 Å². The number of thioether (sulfide) groups is 1. The summed E-state index contributed by atoms with van der Waals surface area (Å²) in [5, 5.41) is 1.08. The number of hydrogen-bond acceptors (Lipinski definition) is 6. The van der Waals surface area contributed by atoms with Crippen LogP contribution in [0.4, 0.5) is 0 Å². The molecule has 3 heterocycles. The van der Waals surface area contributed by atoms with Gasteiger partial charge >= 0.3 is 5.97 Å². The van der Waals surface area contributed by atoms with E-state index in [1.54, 1.807) is 23.3 Å². The summed E-state index contributed by atoms with van der Waals surface area (Å²) < 4.78 is 10.0. The molecule has 6 nitrogen and oxygen atoms in total. The molecule has 3 aromatic carbocycles. The van der Waals surface area contributed by atoms with E-state index in [2.05, 4.69) is 36.7 Å². The molecule has 212 valence electrons. The minimum atomic E-state index is -0.689. The molecule has 0 amide bonds. The van der Waals surface area contributed by atoms with E-state index >= 15 is 0 Å². The topological polar surface area (TPSA) is 65.6 Å². The van der Waals surface area contributed by atoms with Gasteiger partial charge in [0.05, 0.1) is 28.5 Å². The van der Waals surface area contributed by atoms with E-state index in [4.69, 9.17) is 9.73 Å². The van der Waals surface area contributed by atoms with Crippen molar-refractivity contribution in [2.75, 3.05) is 12.9 Å². The fourth-order valence-electron chi connectivity index (χ4n) is 5.46. The zero-order valence-electron chi connectivity index (χ0n) is 23.9. The van der Waals surface area contributed by atoms with Crippen molar-refractivity contribution in [3.05, 3.63) is 127 Å². The Balaban J connectivity index is 1.64. The summed E-state index contributed by atoms with van der Waals surface area (Å²) >= 11 is 2.98. The normalized spacial score (nSPS) is 15.3. The molecule has 6 rings (SSSR count). The number of aromatic nitrogens is 2. The largest absolute Gasteiger partial charge is 0.463 e. The third kappa shape index (κ3) is 4.95. The Morgan fingerprint density at radius 3 is 2.45 bits per heavy atom. The van der Waals surface area contributed by atoms with Crippen molar-refractivity contribution < 1.29 is 9.53 Å². The number of ether oxygens (including phenoxy) is 1.